The molecule has 31 heavy (non-hydrogen) atoms. The van der Waals surface area contributed by atoms with Crippen LogP contribution in [0.15, 0.2) is 78.9 Å². The van der Waals surface area contributed by atoms with Crippen molar-refractivity contribution in [2.45, 2.75) is 13.0 Å². The summed E-state index contributed by atoms with van der Waals surface area (Å²) >= 11 is 0. The normalized spacial score (nSPS) is 11.6. The van der Waals surface area contributed by atoms with Crippen LogP contribution in [0.25, 0.3) is 0 Å². The second-order valence-electron chi connectivity index (χ2n) is 7.32. The Hall–Kier alpha value is -3.64. The minimum atomic E-state index is -0.156. The van der Waals surface area contributed by atoms with E-state index in [0.717, 1.165) is 5.56 Å². The number of hydrogen-bond acceptors (Lipinski definition) is 4. The molecule has 0 aliphatic heterocycles. The van der Waals surface area contributed by atoms with Crippen LogP contribution in [0.3, 0.4) is 0 Å². The summed E-state index contributed by atoms with van der Waals surface area (Å²) in [6, 6.07) is 24.0. The summed E-state index contributed by atoms with van der Waals surface area (Å²) in [4.78, 5) is 26.8. The number of rotatable bonds is 8. The van der Waals surface area contributed by atoms with Gasteiger partial charge in [0.15, 0.2) is 0 Å². The first-order valence-corrected chi connectivity index (χ1v) is 10.1. The molecule has 6 heteroatoms. The van der Waals surface area contributed by atoms with Crippen LogP contribution in [0.4, 0.5) is 11.4 Å². The van der Waals surface area contributed by atoms with Gasteiger partial charge in [-0.3, -0.25) is 14.5 Å². The Bertz CT molecular complexity index is 1040. The molecule has 1 atom stereocenters. The third kappa shape index (κ3) is 6.17. The van der Waals surface area contributed by atoms with E-state index in [1.165, 1.54) is 0 Å². The van der Waals surface area contributed by atoms with Gasteiger partial charge >= 0.3 is 0 Å². The first kappa shape index (κ1) is 22.1. The van der Waals surface area contributed by atoms with Gasteiger partial charge in [-0.1, -0.05) is 36.4 Å². The Morgan fingerprint density at radius 2 is 1.58 bits per heavy atom. The second kappa shape index (κ2) is 10.4. The van der Waals surface area contributed by atoms with Crippen molar-refractivity contribution < 1.29 is 14.3 Å². The van der Waals surface area contributed by atoms with Crippen LogP contribution in [0.2, 0.25) is 0 Å². The van der Waals surface area contributed by atoms with Gasteiger partial charge in [0.25, 0.3) is 5.91 Å². The zero-order valence-corrected chi connectivity index (χ0v) is 18.0. The quantitative estimate of drug-likeness (QED) is 0.563. The number of nitrogens with one attached hydrogen (secondary N) is 2. The van der Waals surface area contributed by atoms with E-state index >= 15 is 0 Å². The zero-order valence-electron chi connectivity index (χ0n) is 18.0. The third-order valence-electron chi connectivity index (χ3n) is 5.07. The zero-order chi connectivity index (χ0) is 22.2. The van der Waals surface area contributed by atoms with E-state index in [1.54, 1.807) is 25.3 Å². The van der Waals surface area contributed by atoms with Gasteiger partial charge < -0.3 is 15.4 Å². The van der Waals surface area contributed by atoms with Crippen LogP contribution in [0.5, 0.6) is 5.75 Å². The third-order valence-corrected chi connectivity index (χ3v) is 5.07. The molecule has 0 saturated carbocycles. The number of nitrogens with zero attached hydrogens (tertiary/aromatic N) is 1. The number of hydrogen-bond donors (Lipinski definition) is 2. The van der Waals surface area contributed by atoms with Crippen molar-refractivity contribution >= 4 is 23.2 Å². The molecule has 0 heterocycles. The van der Waals surface area contributed by atoms with Gasteiger partial charge in [-0.05, 0) is 55.9 Å². The summed E-state index contributed by atoms with van der Waals surface area (Å²) in [5, 5.41) is 5.82. The number of ether oxygens (including phenoxy) is 1. The highest BCUT2D eigenvalue weighted by molar-refractivity contribution is 6.04. The fourth-order valence-corrected chi connectivity index (χ4v) is 3.19. The molecule has 0 spiro atoms. The summed E-state index contributed by atoms with van der Waals surface area (Å²) in [6.45, 7) is 2.25. The van der Waals surface area contributed by atoms with Crippen molar-refractivity contribution in [3.05, 3.63) is 90.0 Å². The van der Waals surface area contributed by atoms with E-state index in [1.807, 2.05) is 79.5 Å². The second-order valence-corrected chi connectivity index (χ2v) is 7.32. The van der Waals surface area contributed by atoms with Crippen LogP contribution in [-0.4, -0.2) is 37.4 Å². The Morgan fingerprint density at radius 1 is 0.903 bits per heavy atom. The topological polar surface area (TPSA) is 70.7 Å². The maximum atomic E-state index is 12.5. The lowest BCUT2D eigenvalue weighted by molar-refractivity contribution is -0.117. The lowest BCUT2D eigenvalue weighted by Gasteiger charge is -2.25. The van der Waals surface area contributed by atoms with Crippen molar-refractivity contribution in [3.63, 3.8) is 0 Å². The molecule has 0 aliphatic carbocycles. The number of carbonyl (C=O) groups excluding carboxylic acids is 2. The monoisotopic (exact) mass is 417 g/mol. The molecule has 3 rings (SSSR count). The van der Waals surface area contributed by atoms with Gasteiger partial charge in [-0.2, -0.15) is 0 Å². The maximum absolute atomic E-state index is 12.5. The molecule has 6 nitrogen and oxygen atoms in total. The largest absolute Gasteiger partial charge is 0.497 e. The highest BCUT2D eigenvalue weighted by Crippen LogP contribution is 2.23. The van der Waals surface area contributed by atoms with Crippen LogP contribution in [-0.2, 0) is 4.79 Å². The highest BCUT2D eigenvalue weighted by Gasteiger charge is 2.16. The molecule has 0 bridgehead atoms. The van der Waals surface area contributed by atoms with Gasteiger partial charge in [0.05, 0.1) is 13.7 Å². The van der Waals surface area contributed by atoms with E-state index in [-0.39, 0.29) is 24.4 Å². The molecule has 3 aromatic rings. The van der Waals surface area contributed by atoms with Gasteiger partial charge in [0.1, 0.15) is 5.75 Å². The van der Waals surface area contributed by atoms with E-state index in [4.69, 9.17) is 4.74 Å². The molecule has 0 fully saturated rings. The fraction of sp³-hybridized carbons (Fsp3) is 0.200. The van der Waals surface area contributed by atoms with Gasteiger partial charge in [0, 0.05) is 29.0 Å². The Morgan fingerprint density at radius 3 is 2.29 bits per heavy atom. The Balaban J connectivity index is 1.61. The van der Waals surface area contributed by atoms with Gasteiger partial charge in [-0.15, -0.1) is 0 Å². The summed E-state index contributed by atoms with van der Waals surface area (Å²) in [6.07, 6.45) is 0. The molecule has 0 aromatic heterocycles. The van der Waals surface area contributed by atoms with Crippen LogP contribution in [0, 0.1) is 0 Å². The standard InChI is InChI=1S/C25H27N3O3/c1-18(28(2)17-24(29)26-22-13-8-14-23(16-22)31-3)20-11-7-12-21(15-20)27-25(30)19-9-5-4-6-10-19/h4-16,18H,17H2,1-3H3,(H,26,29)(H,27,30). The Kier molecular flexibility index (Phi) is 7.40. The summed E-state index contributed by atoms with van der Waals surface area (Å²) < 4.78 is 5.19. The number of amides is 2. The highest BCUT2D eigenvalue weighted by atomic mass is 16.5. The fourth-order valence-electron chi connectivity index (χ4n) is 3.19. The predicted octanol–water partition coefficient (Wildman–Crippen LogP) is 4.58. The summed E-state index contributed by atoms with van der Waals surface area (Å²) in [5.41, 5.74) is 3.01. The molecular formula is C25H27N3O3. The average molecular weight is 418 g/mol. The number of anilines is 2. The maximum Gasteiger partial charge on any atom is 0.255 e. The van der Waals surface area contributed by atoms with E-state index in [9.17, 15) is 9.59 Å². The number of likely N-dealkylation sites (N-methyl/N-ethyl adjacent to an activating group) is 1. The van der Waals surface area contributed by atoms with Crippen LogP contribution in [0.1, 0.15) is 28.9 Å². The molecule has 2 N–H and O–H groups in total. The smallest absolute Gasteiger partial charge is 0.255 e. The minimum absolute atomic E-state index is 0.0235. The lowest BCUT2D eigenvalue weighted by atomic mass is 10.1. The van der Waals surface area contributed by atoms with Gasteiger partial charge in [0.2, 0.25) is 5.91 Å². The lowest BCUT2D eigenvalue weighted by Crippen LogP contribution is -2.32. The van der Waals surface area contributed by atoms with Crippen molar-refractivity contribution in [1.82, 2.24) is 4.90 Å². The van der Waals surface area contributed by atoms with Crippen LogP contribution >= 0.6 is 0 Å². The van der Waals surface area contributed by atoms with Crippen molar-refractivity contribution in [1.29, 1.82) is 0 Å². The molecule has 0 aliphatic rings. The van der Waals surface area contributed by atoms with E-state index < -0.39 is 0 Å². The average Bonchev–Trinajstić information content (AvgIpc) is 2.79. The molecule has 1 unspecified atom stereocenters. The number of methoxy groups -OCH3 is 1. The van der Waals surface area contributed by atoms with Crippen LogP contribution < -0.4 is 15.4 Å². The first-order valence-electron chi connectivity index (χ1n) is 10.1. The van der Waals surface area contributed by atoms with Crippen molar-refractivity contribution in [3.8, 4) is 5.75 Å². The SMILES string of the molecule is COc1cccc(NC(=O)CN(C)C(C)c2cccc(NC(=O)c3ccccc3)c2)c1. The molecule has 0 saturated heterocycles. The minimum Gasteiger partial charge on any atom is -0.497 e. The predicted molar refractivity (Wildman–Crippen MR) is 124 cm³/mol. The van der Waals surface area contributed by atoms with Gasteiger partial charge in [-0.25, -0.2) is 0 Å². The molecule has 160 valence electrons. The number of carbonyl (C=O) groups is 2. The van der Waals surface area contributed by atoms with Crippen molar-refractivity contribution in [2.75, 3.05) is 31.3 Å². The molecule has 3 aromatic carbocycles. The molecular weight excluding hydrogens is 390 g/mol. The first-order chi connectivity index (χ1) is 15.0. The number of benzene rings is 3. The van der Waals surface area contributed by atoms with E-state index in [0.29, 0.717) is 22.7 Å². The van der Waals surface area contributed by atoms with Crippen molar-refractivity contribution in [2.24, 2.45) is 0 Å². The Labute approximate surface area is 182 Å². The molecule has 2 amide bonds. The summed E-state index contributed by atoms with van der Waals surface area (Å²) in [5.74, 6) is 0.418. The molecule has 0 radical (unpaired) electrons. The van der Waals surface area contributed by atoms with E-state index in [2.05, 4.69) is 10.6 Å². The summed E-state index contributed by atoms with van der Waals surface area (Å²) in [7, 11) is 3.48.